The summed E-state index contributed by atoms with van der Waals surface area (Å²) in [5.74, 6) is 0.710. The molecule has 0 atom stereocenters. The summed E-state index contributed by atoms with van der Waals surface area (Å²) in [5, 5.41) is 25.5. The Morgan fingerprint density at radius 3 is 2.88 bits per heavy atom. The molecule has 0 bridgehead atoms. The van der Waals surface area contributed by atoms with Crippen LogP contribution in [0.2, 0.25) is 0 Å². The normalized spacial score (nSPS) is 13.3. The van der Waals surface area contributed by atoms with Crippen LogP contribution in [0.4, 0.5) is 10.5 Å². The van der Waals surface area contributed by atoms with Crippen molar-refractivity contribution in [1.29, 1.82) is 0 Å². The van der Waals surface area contributed by atoms with Crippen molar-refractivity contribution in [2.75, 3.05) is 19.0 Å². The van der Waals surface area contributed by atoms with Gasteiger partial charge in [0.1, 0.15) is 11.4 Å². The third-order valence-electron chi connectivity index (χ3n) is 3.73. The molecule has 0 radical (unpaired) electrons. The average Bonchev–Trinajstić information content (AvgIpc) is 3.31. The van der Waals surface area contributed by atoms with E-state index in [1.165, 1.54) is 0 Å². The lowest BCUT2D eigenvalue weighted by molar-refractivity contribution is -0.136. The van der Waals surface area contributed by atoms with E-state index >= 15 is 0 Å². The highest BCUT2D eigenvalue weighted by Gasteiger charge is 2.30. The number of benzene rings is 1. The van der Waals surface area contributed by atoms with Crippen LogP contribution >= 0.6 is 0 Å². The number of amides is 2. The van der Waals surface area contributed by atoms with Crippen LogP contribution in [0.1, 0.15) is 31.0 Å². The lowest BCUT2D eigenvalue weighted by Crippen LogP contribution is -2.30. The maximum Gasteiger partial charge on any atom is 0.319 e. The lowest BCUT2D eigenvalue weighted by atomic mass is 10.2. The van der Waals surface area contributed by atoms with E-state index < -0.39 is 12.0 Å². The Kier molecular flexibility index (Phi) is 4.78. The maximum atomic E-state index is 11.8. The molecule has 2 aromatic rings. The Morgan fingerprint density at radius 2 is 2.20 bits per heavy atom. The zero-order chi connectivity index (χ0) is 17.8. The van der Waals surface area contributed by atoms with E-state index in [9.17, 15) is 9.59 Å². The summed E-state index contributed by atoms with van der Waals surface area (Å²) < 4.78 is 6.98. The number of nitrogens with one attached hydrogen (secondary N) is 2. The van der Waals surface area contributed by atoms with Crippen molar-refractivity contribution in [3.8, 4) is 11.4 Å². The minimum atomic E-state index is -0.974. The Hall–Kier alpha value is -3.17. The van der Waals surface area contributed by atoms with Crippen molar-refractivity contribution in [1.82, 2.24) is 25.5 Å². The molecule has 2 amide bonds. The van der Waals surface area contributed by atoms with Gasteiger partial charge in [-0.05, 0) is 41.5 Å². The van der Waals surface area contributed by atoms with Crippen LogP contribution < -0.4 is 15.4 Å². The van der Waals surface area contributed by atoms with Gasteiger partial charge in [0.05, 0.1) is 13.5 Å². The third-order valence-corrected chi connectivity index (χ3v) is 3.73. The van der Waals surface area contributed by atoms with Crippen LogP contribution in [-0.4, -0.2) is 51.0 Å². The summed E-state index contributed by atoms with van der Waals surface area (Å²) in [7, 11) is 1.55. The second-order valence-corrected chi connectivity index (χ2v) is 5.63. The number of carbonyl (C=O) groups excluding carboxylic acids is 1. The first-order chi connectivity index (χ1) is 12.1. The molecule has 1 aliphatic carbocycles. The van der Waals surface area contributed by atoms with Crippen molar-refractivity contribution in [2.24, 2.45) is 0 Å². The topological polar surface area (TPSA) is 131 Å². The SMILES string of the molecule is COc1ccc(NC(=O)NCCC(=O)O)cc1-n1nnnc1C1CC1. The molecule has 1 saturated carbocycles. The lowest BCUT2D eigenvalue weighted by Gasteiger charge is -2.12. The molecule has 3 rings (SSSR count). The molecule has 0 saturated heterocycles. The number of carbonyl (C=O) groups is 2. The third kappa shape index (κ3) is 4.03. The fourth-order valence-electron chi connectivity index (χ4n) is 2.35. The standard InChI is InChI=1S/C15H18N6O4/c1-25-12-5-4-10(17-15(24)16-7-6-13(22)23)8-11(12)21-14(9-2-3-9)18-19-20-21/h4-5,8-9H,2-3,6-7H2,1H3,(H,22,23)(H2,16,17,24). The number of aliphatic carboxylic acids is 1. The number of methoxy groups -OCH3 is 1. The first-order valence-electron chi connectivity index (χ1n) is 7.82. The van der Waals surface area contributed by atoms with Crippen LogP contribution in [0.25, 0.3) is 5.69 Å². The van der Waals surface area contributed by atoms with E-state index in [1.54, 1.807) is 30.0 Å². The summed E-state index contributed by atoms with van der Waals surface area (Å²) >= 11 is 0. The second kappa shape index (κ2) is 7.16. The zero-order valence-corrected chi connectivity index (χ0v) is 13.6. The summed E-state index contributed by atoms with van der Waals surface area (Å²) in [5.41, 5.74) is 1.14. The van der Waals surface area contributed by atoms with Gasteiger partial charge >= 0.3 is 12.0 Å². The molecular formula is C15H18N6O4. The smallest absolute Gasteiger partial charge is 0.319 e. The molecule has 1 heterocycles. The molecule has 0 spiro atoms. The molecule has 10 heteroatoms. The number of ether oxygens (including phenoxy) is 1. The molecule has 3 N–H and O–H groups in total. The number of nitrogens with zero attached hydrogens (tertiary/aromatic N) is 4. The van der Waals surface area contributed by atoms with Gasteiger partial charge in [0, 0.05) is 18.2 Å². The molecule has 1 aromatic heterocycles. The second-order valence-electron chi connectivity index (χ2n) is 5.63. The van der Waals surface area contributed by atoms with Gasteiger partial charge < -0.3 is 20.5 Å². The molecule has 25 heavy (non-hydrogen) atoms. The van der Waals surface area contributed by atoms with Gasteiger partial charge in [0.15, 0.2) is 5.82 Å². The van der Waals surface area contributed by atoms with Gasteiger partial charge in [-0.3, -0.25) is 4.79 Å². The summed E-state index contributed by atoms with van der Waals surface area (Å²) in [4.78, 5) is 22.3. The Labute approximate surface area is 143 Å². The average molecular weight is 346 g/mol. The highest BCUT2D eigenvalue weighted by atomic mass is 16.5. The van der Waals surface area contributed by atoms with E-state index in [2.05, 4.69) is 26.2 Å². The van der Waals surface area contributed by atoms with Crippen molar-refractivity contribution in [3.63, 3.8) is 0 Å². The van der Waals surface area contributed by atoms with Gasteiger partial charge in [0.2, 0.25) is 0 Å². The Morgan fingerprint density at radius 1 is 1.40 bits per heavy atom. The van der Waals surface area contributed by atoms with E-state index in [4.69, 9.17) is 9.84 Å². The van der Waals surface area contributed by atoms with Gasteiger partial charge in [-0.1, -0.05) is 0 Å². The highest BCUT2D eigenvalue weighted by molar-refractivity contribution is 5.90. The Bertz CT molecular complexity index is 786. The summed E-state index contributed by atoms with van der Waals surface area (Å²) in [6.07, 6.45) is 1.95. The molecule has 0 aliphatic heterocycles. The van der Waals surface area contributed by atoms with Crippen molar-refractivity contribution < 1.29 is 19.4 Å². The van der Waals surface area contributed by atoms with E-state index in [0.717, 1.165) is 18.7 Å². The number of anilines is 1. The summed E-state index contributed by atoms with van der Waals surface area (Å²) in [6.45, 7) is 0.0446. The van der Waals surface area contributed by atoms with Gasteiger partial charge in [-0.15, -0.1) is 5.10 Å². The van der Waals surface area contributed by atoms with Crippen LogP contribution in [0, 0.1) is 0 Å². The molecule has 0 unspecified atom stereocenters. The number of rotatable bonds is 7. The minimum Gasteiger partial charge on any atom is -0.494 e. The van der Waals surface area contributed by atoms with Crippen molar-refractivity contribution in [3.05, 3.63) is 24.0 Å². The molecular weight excluding hydrogens is 328 g/mol. The number of tetrazole rings is 1. The van der Waals surface area contributed by atoms with Crippen LogP contribution in [-0.2, 0) is 4.79 Å². The number of hydrogen-bond acceptors (Lipinski definition) is 6. The predicted molar refractivity (Wildman–Crippen MR) is 87.0 cm³/mol. The first-order valence-corrected chi connectivity index (χ1v) is 7.82. The zero-order valence-electron chi connectivity index (χ0n) is 13.6. The minimum absolute atomic E-state index is 0.0446. The number of carboxylic acid groups (broad SMARTS) is 1. The van der Waals surface area contributed by atoms with E-state index in [0.29, 0.717) is 23.0 Å². The first kappa shape index (κ1) is 16.7. The van der Waals surface area contributed by atoms with Crippen molar-refractivity contribution >= 4 is 17.7 Å². The van der Waals surface area contributed by atoms with Gasteiger partial charge in [-0.25, -0.2) is 4.79 Å². The number of carboxylic acids is 1. The fraction of sp³-hybridized carbons (Fsp3) is 0.400. The highest BCUT2D eigenvalue weighted by Crippen LogP contribution is 2.40. The largest absolute Gasteiger partial charge is 0.494 e. The molecule has 10 nitrogen and oxygen atoms in total. The quantitative estimate of drug-likeness (QED) is 0.685. The molecule has 1 aliphatic rings. The van der Waals surface area contributed by atoms with Crippen LogP contribution in [0.5, 0.6) is 5.75 Å². The molecule has 1 aromatic carbocycles. The van der Waals surface area contributed by atoms with Gasteiger partial charge in [0.25, 0.3) is 0 Å². The fourth-order valence-corrected chi connectivity index (χ4v) is 2.35. The Balaban J connectivity index is 1.77. The van der Waals surface area contributed by atoms with E-state index in [1.807, 2.05) is 0 Å². The summed E-state index contributed by atoms with van der Waals surface area (Å²) in [6, 6.07) is 4.61. The van der Waals surface area contributed by atoms with E-state index in [-0.39, 0.29) is 13.0 Å². The molecule has 132 valence electrons. The monoisotopic (exact) mass is 346 g/mol. The maximum absolute atomic E-state index is 11.8. The van der Waals surface area contributed by atoms with Gasteiger partial charge in [-0.2, -0.15) is 4.68 Å². The number of urea groups is 1. The van der Waals surface area contributed by atoms with Crippen molar-refractivity contribution in [2.45, 2.75) is 25.2 Å². The number of aromatic nitrogens is 4. The van der Waals surface area contributed by atoms with Crippen LogP contribution in [0.3, 0.4) is 0 Å². The van der Waals surface area contributed by atoms with Crippen LogP contribution in [0.15, 0.2) is 18.2 Å². The predicted octanol–water partition coefficient (Wildman–Crippen LogP) is 1.14. The number of hydrogen-bond donors (Lipinski definition) is 3. The molecule has 1 fully saturated rings.